The van der Waals surface area contributed by atoms with E-state index in [4.69, 9.17) is 0 Å². The van der Waals surface area contributed by atoms with Crippen LogP contribution in [0.4, 0.5) is 5.69 Å². The predicted octanol–water partition coefficient (Wildman–Crippen LogP) is 3.67. The molecule has 1 aliphatic carbocycles. The average molecular weight is 339 g/mol. The van der Waals surface area contributed by atoms with Crippen molar-refractivity contribution in [3.05, 3.63) is 28.7 Å². The number of rotatable bonds is 4. The number of nitrogens with zero attached hydrogens (tertiary/aromatic N) is 2. The van der Waals surface area contributed by atoms with Crippen LogP contribution in [0.25, 0.3) is 0 Å². The van der Waals surface area contributed by atoms with Gasteiger partial charge >= 0.3 is 0 Å². The van der Waals surface area contributed by atoms with Crippen LogP contribution >= 0.6 is 15.9 Å². The summed E-state index contributed by atoms with van der Waals surface area (Å²) in [6.07, 6.45) is 4.00. The SMILES string of the molecule is CCC(=O)N(c1ccc(Br)cc1)C1CCCC1N(C)C. The molecule has 1 aromatic carbocycles. The van der Waals surface area contributed by atoms with E-state index in [2.05, 4.69) is 34.9 Å². The lowest BCUT2D eigenvalue weighted by atomic mass is 10.1. The maximum atomic E-state index is 12.4. The fourth-order valence-corrected chi connectivity index (χ4v) is 3.38. The van der Waals surface area contributed by atoms with Crippen LogP contribution in [0.2, 0.25) is 0 Å². The molecule has 1 aliphatic rings. The van der Waals surface area contributed by atoms with Gasteiger partial charge in [0.1, 0.15) is 0 Å². The molecule has 0 saturated heterocycles. The van der Waals surface area contributed by atoms with E-state index in [9.17, 15) is 4.79 Å². The number of anilines is 1. The third kappa shape index (κ3) is 3.23. The monoisotopic (exact) mass is 338 g/mol. The molecule has 0 aliphatic heterocycles. The van der Waals surface area contributed by atoms with E-state index in [1.165, 1.54) is 12.8 Å². The van der Waals surface area contributed by atoms with Crippen LogP contribution in [0.3, 0.4) is 0 Å². The van der Waals surface area contributed by atoms with Gasteiger partial charge in [-0.25, -0.2) is 0 Å². The summed E-state index contributed by atoms with van der Waals surface area (Å²) in [6.45, 7) is 1.94. The Bertz CT molecular complexity index is 458. The summed E-state index contributed by atoms with van der Waals surface area (Å²) in [5.41, 5.74) is 1.01. The molecule has 2 atom stereocenters. The van der Waals surface area contributed by atoms with Crippen LogP contribution in [-0.2, 0) is 4.79 Å². The number of carbonyl (C=O) groups is 1. The van der Waals surface area contributed by atoms with Gasteiger partial charge in [0.25, 0.3) is 0 Å². The first-order chi connectivity index (χ1) is 9.54. The number of likely N-dealkylation sites (N-methyl/N-ethyl adjacent to an activating group) is 1. The van der Waals surface area contributed by atoms with Gasteiger partial charge in [0.05, 0.1) is 6.04 Å². The summed E-state index contributed by atoms with van der Waals surface area (Å²) in [7, 11) is 4.22. The van der Waals surface area contributed by atoms with Crippen molar-refractivity contribution in [1.82, 2.24) is 4.90 Å². The van der Waals surface area contributed by atoms with E-state index in [1.807, 2.05) is 36.1 Å². The van der Waals surface area contributed by atoms with Gasteiger partial charge in [-0.05, 0) is 57.6 Å². The van der Waals surface area contributed by atoms with Crippen LogP contribution < -0.4 is 4.90 Å². The van der Waals surface area contributed by atoms with Gasteiger partial charge in [-0.15, -0.1) is 0 Å². The molecule has 3 nitrogen and oxygen atoms in total. The third-order valence-electron chi connectivity index (χ3n) is 4.11. The zero-order valence-corrected chi connectivity index (χ0v) is 14.1. The Kier molecular flexibility index (Phi) is 5.22. The molecule has 110 valence electrons. The van der Waals surface area contributed by atoms with E-state index >= 15 is 0 Å². The molecule has 2 unspecified atom stereocenters. The summed E-state index contributed by atoms with van der Waals surface area (Å²) in [4.78, 5) is 16.7. The van der Waals surface area contributed by atoms with Crippen LogP contribution in [0.5, 0.6) is 0 Å². The van der Waals surface area contributed by atoms with Crippen molar-refractivity contribution < 1.29 is 4.79 Å². The van der Waals surface area contributed by atoms with Gasteiger partial charge in [-0.3, -0.25) is 4.79 Å². The number of halogens is 1. The molecule has 1 amide bonds. The van der Waals surface area contributed by atoms with Gasteiger partial charge in [0.2, 0.25) is 5.91 Å². The van der Waals surface area contributed by atoms with Crippen molar-refractivity contribution in [3.63, 3.8) is 0 Å². The highest BCUT2D eigenvalue weighted by atomic mass is 79.9. The molecular formula is C16H23BrN2O. The Labute approximate surface area is 130 Å². The smallest absolute Gasteiger partial charge is 0.227 e. The predicted molar refractivity (Wildman–Crippen MR) is 87.0 cm³/mol. The first-order valence-corrected chi connectivity index (χ1v) is 8.08. The van der Waals surface area contributed by atoms with Gasteiger partial charge in [0, 0.05) is 22.6 Å². The maximum Gasteiger partial charge on any atom is 0.227 e. The molecule has 4 heteroatoms. The molecular weight excluding hydrogens is 316 g/mol. The minimum atomic E-state index is 0.214. The second kappa shape index (κ2) is 6.72. The Morgan fingerprint density at radius 1 is 1.20 bits per heavy atom. The van der Waals surface area contributed by atoms with Crippen LogP contribution in [0, 0.1) is 0 Å². The Morgan fingerprint density at radius 2 is 1.80 bits per heavy atom. The van der Waals surface area contributed by atoms with E-state index < -0.39 is 0 Å². The third-order valence-corrected chi connectivity index (χ3v) is 4.64. The molecule has 0 aromatic heterocycles. The van der Waals surface area contributed by atoms with Crippen LogP contribution in [0.1, 0.15) is 32.6 Å². The van der Waals surface area contributed by atoms with E-state index in [-0.39, 0.29) is 5.91 Å². The van der Waals surface area contributed by atoms with Crippen LogP contribution in [-0.4, -0.2) is 37.0 Å². The number of benzene rings is 1. The minimum absolute atomic E-state index is 0.214. The molecule has 0 spiro atoms. The highest BCUT2D eigenvalue weighted by Crippen LogP contribution is 2.32. The largest absolute Gasteiger partial charge is 0.308 e. The Morgan fingerprint density at radius 3 is 2.35 bits per heavy atom. The van der Waals surface area contributed by atoms with E-state index in [1.54, 1.807) is 0 Å². The number of hydrogen-bond acceptors (Lipinski definition) is 2. The van der Waals surface area contributed by atoms with Crippen molar-refractivity contribution >= 4 is 27.5 Å². The molecule has 1 fully saturated rings. The quantitative estimate of drug-likeness (QED) is 0.836. The molecule has 0 radical (unpaired) electrons. The lowest BCUT2D eigenvalue weighted by Gasteiger charge is -2.36. The van der Waals surface area contributed by atoms with Gasteiger partial charge < -0.3 is 9.80 Å². The average Bonchev–Trinajstić information content (AvgIpc) is 2.90. The maximum absolute atomic E-state index is 12.4. The lowest BCUT2D eigenvalue weighted by molar-refractivity contribution is -0.119. The van der Waals surface area contributed by atoms with Crippen molar-refractivity contribution in [2.24, 2.45) is 0 Å². The summed E-state index contributed by atoms with van der Waals surface area (Å²) >= 11 is 3.46. The summed E-state index contributed by atoms with van der Waals surface area (Å²) < 4.78 is 1.04. The highest BCUT2D eigenvalue weighted by Gasteiger charge is 2.36. The topological polar surface area (TPSA) is 23.6 Å². The molecule has 0 bridgehead atoms. The summed E-state index contributed by atoms with van der Waals surface area (Å²) in [5, 5.41) is 0. The van der Waals surface area contributed by atoms with Crippen molar-refractivity contribution in [2.75, 3.05) is 19.0 Å². The first-order valence-electron chi connectivity index (χ1n) is 7.28. The lowest BCUT2D eigenvalue weighted by Crippen LogP contribution is -2.49. The Balaban J connectivity index is 2.32. The minimum Gasteiger partial charge on any atom is -0.308 e. The van der Waals surface area contributed by atoms with Crippen LogP contribution in [0.15, 0.2) is 28.7 Å². The fraction of sp³-hybridized carbons (Fsp3) is 0.562. The zero-order chi connectivity index (χ0) is 14.7. The van der Waals surface area contributed by atoms with Gasteiger partial charge in [-0.2, -0.15) is 0 Å². The molecule has 1 saturated carbocycles. The summed E-state index contributed by atoms with van der Waals surface area (Å²) in [5.74, 6) is 0.214. The second-order valence-corrected chi connectivity index (χ2v) is 6.54. The first kappa shape index (κ1) is 15.5. The number of hydrogen-bond donors (Lipinski definition) is 0. The fourth-order valence-electron chi connectivity index (χ4n) is 3.12. The van der Waals surface area contributed by atoms with Crippen molar-refractivity contribution in [2.45, 2.75) is 44.7 Å². The normalized spacial score (nSPS) is 22.2. The van der Waals surface area contributed by atoms with Gasteiger partial charge in [0.15, 0.2) is 0 Å². The standard InChI is InChI=1S/C16H23BrN2O/c1-4-16(20)19(13-10-8-12(17)9-11-13)15-7-5-6-14(15)18(2)3/h8-11,14-15H,4-7H2,1-3H3. The highest BCUT2D eigenvalue weighted by molar-refractivity contribution is 9.10. The molecule has 1 aromatic rings. The molecule has 0 N–H and O–H groups in total. The van der Waals surface area contributed by atoms with E-state index in [0.29, 0.717) is 18.5 Å². The Hall–Kier alpha value is -0.870. The number of amides is 1. The molecule has 2 rings (SSSR count). The zero-order valence-electron chi connectivity index (χ0n) is 12.5. The second-order valence-electron chi connectivity index (χ2n) is 5.62. The van der Waals surface area contributed by atoms with Crippen molar-refractivity contribution in [1.29, 1.82) is 0 Å². The van der Waals surface area contributed by atoms with Gasteiger partial charge in [-0.1, -0.05) is 22.9 Å². The molecule has 20 heavy (non-hydrogen) atoms. The van der Waals surface area contributed by atoms with E-state index in [0.717, 1.165) is 16.6 Å². The summed E-state index contributed by atoms with van der Waals surface area (Å²) in [6, 6.07) is 8.81. The van der Waals surface area contributed by atoms with Crippen molar-refractivity contribution in [3.8, 4) is 0 Å². The molecule has 0 heterocycles. The number of carbonyl (C=O) groups excluding carboxylic acids is 1.